The maximum absolute atomic E-state index is 12.4. The lowest BCUT2D eigenvalue weighted by Crippen LogP contribution is -2.51. The van der Waals surface area contributed by atoms with Crippen molar-refractivity contribution in [3.63, 3.8) is 0 Å². The smallest absolute Gasteiger partial charge is 0.225 e. The Balaban J connectivity index is 2.56. The van der Waals surface area contributed by atoms with Crippen molar-refractivity contribution in [1.82, 2.24) is 4.90 Å². The number of unbranched alkanes of at least 4 members (excludes halogenated alkanes) is 1. The SMILES string of the molecule is CCCCC1CC(N)CN(C(=O)C(CC)CC)C1. The predicted octanol–water partition coefficient (Wildman–Crippen LogP) is 2.79. The van der Waals surface area contributed by atoms with E-state index >= 15 is 0 Å². The lowest BCUT2D eigenvalue weighted by atomic mass is 9.89. The summed E-state index contributed by atoms with van der Waals surface area (Å²) < 4.78 is 0. The second kappa shape index (κ2) is 7.78. The predicted molar refractivity (Wildman–Crippen MR) is 76.3 cm³/mol. The number of rotatable bonds is 6. The molecule has 1 aliphatic rings. The molecule has 1 heterocycles. The molecular formula is C15H30N2O. The van der Waals surface area contributed by atoms with Crippen LogP contribution in [0.4, 0.5) is 0 Å². The molecule has 2 N–H and O–H groups in total. The van der Waals surface area contributed by atoms with E-state index in [0.29, 0.717) is 11.8 Å². The molecule has 0 aromatic rings. The van der Waals surface area contributed by atoms with Gasteiger partial charge < -0.3 is 10.6 Å². The zero-order valence-corrected chi connectivity index (χ0v) is 12.3. The summed E-state index contributed by atoms with van der Waals surface area (Å²) in [6, 6.07) is 0.180. The summed E-state index contributed by atoms with van der Waals surface area (Å²) in [6.07, 6.45) is 6.68. The normalized spacial score (nSPS) is 24.6. The zero-order valence-electron chi connectivity index (χ0n) is 12.3. The minimum atomic E-state index is 0.180. The molecule has 18 heavy (non-hydrogen) atoms. The highest BCUT2D eigenvalue weighted by Crippen LogP contribution is 2.23. The van der Waals surface area contributed by atoms with Gasteiger partial charge in [0.2, 0.25) is 5.91 Å². The molecule has 0 aliphatic carbocycles. The number of carbonyl (C=O) groups is 1. The molecule has 0 bridgehead atoms. The number of carbonyl (C=O) groups excluding carboxylic acids is 1. The fourth-order valence-corrected chi connectivity index (χ4v) is 3.02. The Kier molecular flexibility index (Phi) is 6.69. The number of piperidine rings is 1. The molecule has 1 rings (SSSR count). The summed E-state index contributed by atoms with van der Waals surface area (Å²) in [6.45, 7) is 8.12. The number of amides is 1. The maximum Gasteiger partial charge on any atom is 0.225 e. The van der Waals surface area contributed by atoms with E-state index in [-0.39, 0.29) is 12.0 Å². The summed E-state index contributed by atoms with van der Waals surface area (Å²) in [4.78, 5) is 14.4. The molecule has 0 aromatic heterocycles. The van der Waals surface area contributed by atoms with Crippen LogP contribution in [-0.4, -0.2) is 29.9 Å². The molecule has 0 radical (unpaired) electrons. The molecule has 0 saturated carbocycles. The summed E-state index contributed by atoms with van der Waals surface area (Å²) >= 11 is 0. The van der Waals surface area contributed by atoms with Crippen LogP contribution in [0.15, 0.2) is 0 Å². The molecule has 3 heteroatoms. The Morgan fingerprint density at radius 3 is 2.50 bits per heavy atom. The van der Waals surface area contributed by atoms with Gasteiger partial charge in [0, 0.05) is 25.0 Å². The molecule has 2 atom stereocenters. The standard InChI is InChI=1S/C15H30N2O/c1-4-7-8-12-9-14(16)11-17(10-12)15(18)13(5-2)6-3/h12-14H,4-11,16H2,1-3H3. The van der Waals surface area contributed by atoms with Crippen molar-refractivity contribution in [3.8, 4) is 0 Å². The highest BCUT2D eigenvalue weighted by Gasteiger charge is 2.30. The Morgan fingerprint density at radius 2 is 1.94 bits per heavy atom. The highest BCUT2D eigenvalue weighted by atomic mass is 16.2. The van der Waals surface area contributed by atoms with Gasteiger partial charge in [-0.25, -0.2) is 0 Å². The van der Waals surface area contributed by atoms with E-state index in [2.05, 4.69) is 20.8 Å². The van der Waals surface area contributed by atoms with Gasteiger partial charge in [-0.1, -0.05) is 33.6 Å². The lowest BCUT2D eigenvalue weighted by Gasteiger charge is -2.38. The van der Waals surface area contributed by atoms with Crippen LogP contribution in [0.2, 0.25) is 0 Å². The summed E-state index contributed by atoms with van der Waals surface area (Å²) in [5.41, 5.74) is 6.11. The molecule has 106 valence electrons. The Bertz CT molecular complexity index is 251. The van der Waals surface area contributed by atoms with Crippen LogP contribution in [0.1, 0.15) is 59.3 Å². The van der Waals surface area contributed by atoms with E-state index in [1.165, 1.54) is 19.3 Å². The number of likely N-dealkylation sites (tertiary alicyclic amines) is 1. The first-order valence-corrected chi connectivity index (χ1v) is 7.66. The van der Waals surface area contributed by atoms with Gasteiger partial charge in [0.05, 0.1) is 0 Å². The Morgan fingerprint density at radius 1 is 1.28 bits per heavy atom. The van der Waals surface area contributed by atoms with Crippen LogP contribution < -0.4 is 5.73 Å². The van der Waals surface area contributed by atoms with Crippen LogP contribution in [0.25, 0.3) is 0 Å². The minimum absolute atomic E-state index is 0.180. The molecule has 1 aliphatic heterocycles. The van der Waals surface area contributed by atoms with Gasteiger partial charge in [0.15, 0.2) is 0 Å². The molecule has 1 fully saturated rings. The van der Waals surface area contributed by atoms with Crippen LogP contribution in [0, 0.1) is 11.8 Å². The van der Waals surface area contributed by atoms with Gasteiger partial charge in [0.25, 0.3) is 0 Å². The van der Waals surface area contributed by atoms with E-state index in [9.17, 15) is 4.79 Å². The first kappa shape index (κ1) is 15.5. The molecule has 0 aromatic carbocycles. The largest absolute Gasteiger partial charge is 0.341 e. The van der Waals surface area contributed by atoms with Crippen molar-refractivity contribution in [2.24, 2.45) is 17.6 Å². The molecule has 2 unspecified atom stereocenters. The second-order valence-electron chi connectivity index (χ2n) is 5.76. The maximum atomic E-state index is 12.4. The fourth-order valence-electron chi connectivity index (χ4n) is 3.02. The van der Waals surface area contributed by atoms with E-state index in [1.807, 2.05) is 4.90 Å². The average molecular weight is 254 g/mol. The van der Waals surface area contributed by atoms with Crippen LogP contribution in [0.3, 0.4) is 0 Å². The summed E-state index contributed by atoms with van der Waals surface area (Å²) in [5.74, 6) is 1.14. The summed E-state index contributed by atoms with van der Waals surface area (Å²) in [5, 5.41) is 0. The third-order valence-electron chi connectivity index (χ3n) is 4.18. The van der Waals surface area contributed by atoms with Crippen LogP contribution in [-0.2, 0) is 4.79 Å². The zero-order chi connectivity index (χ0) is 13.5. The van der Waals surface area contributed by atoms with E-state index in [4.69, 9.17) is 5.73 Å². The number of nitrogens with zero attached hydrogens (tertiary/aromatic N) is 1. The van der Waals surface area contributed by atoms with Crippen LogP contribution in [0.5, 0.6) is 0 Å². The fraction of sp³-hybridized carbons (Fsp3) is 0.933. The molecule has 0 spiro atoms. The van der Waals surface area contributed by atoms with Gasteiger partial charge in [0.1, 0.15) is 0 Å². The lowest BCUT2D eigenvalue weighted by molar-refractivity contribution is -0.138. The van der Waals surface area contributed by atoms with Crippen LogP contribution >= 0.6 is 0 Å². The third-order valence-corrected chi connectivity index (χ3v) is 4.18. The molecular weight excluding hydrogens is 224 g/mol. The van der Waals surface area contributed by atoms with Crippen molar-refractivity contribution in [3.05, 3.63) is 0 Å². The van der Waals surface area contributed by atoms with Crippen molar-refractivity contribution in [1.29, 1.82) is 0 Å². The van der Waals surface area contributed by atoms with Gasteiger partial charge in [-0.15, -0.1) is 0 Å². The second-order valence-corrected chi connectivity index (χ2v) is 5.76. The van der Waals surface area contributed by atoms with E-state index < -0.39 is 0 Å². The topological polar surface area (TPSA) is 46.3 Å². The van der Waals surface area contributed by atoms with E-state index in [1.54, 1.807) is 0 Å². The van der Waals surface area contributed by atoms with E-state index in [0.717, 1.165) is 32.4 Å². The molecule has 3 nitrogen and oxygen atoms in total. The number of hydrogen-bond acceptors (Lipinski definition) is 2. The summed E-state index contributed by atoms with van der Waals surface area (Å²) in [7, 11) is 0. The van der Waals surface area contributed by atoms with Crippen molar-refractivity contribution in [2.75, 3.05) is 13.1 Å². The Hall–Kier alpha value is -0.570. The highest BCUT2D eigenvalue weighted by molar-refractivity contribution is 5.78. The number of hydrogen-bond donors (Lipinski definition) is 1. The Labute approximate surface area is 112 Å². The average Bonchev–Trinajstić information content (AvgIpc) is 2.37. The number of nitrogens with two attached hydrogens (primary N) is 1. The third kappa shape index (κ3) is 4.27. The minimum Gasteiger partial charge on any atom is -0.341 e. The van der Waals surface area contributed by atoms with Crippen molar-refractivity contribution in [2.45, 2.75) is 65.3 Å². The molecule has 1 amide bonds. The van der Waals surface area contributed by atoms with Crippen molar-refractivity contribution >= 4 is 5.91 Å². The van der Waals surface area contributed by atoms with Gasteiger partial charge in [-0.3, -0.25) is 4.79 Å². The molecule has 1 saturated heterocycles. The first-order chi connectivity index (χ1) is 8.62. The van der Waals surface area contributed by atoms with Gasteiger partial charge >= 0.3 is 0 Å². The quantitative estimate of drug-likeness (QED) is 0.792. The van der Waals surface area contributed by atoms with Gasteiger partial charge in [-0.2, -0.15) is 0 Å². The van der Waals surface area contributed by atoms with Gasteiger partial charge in [-0.05, 0) is 31.6 Å². The van der Waals surface area contributed by atoms with Crippen molar-refractivity contribution < 1.29 is 4.79 Å². The monoisotopic (exact) mass is 254 g/mol. The first-order valence-electron chi connectivity index (χ1n) is 7.66.